The number of carboxylic acids is 1. The Morgan fingerprint density at radius 3 is 2.38 bits per heavy atom. The average Bonchev–Trinajstić information content (AvgIpc) is 2.42. The van der Waals surface area contributed by atoms with E-state index in [2.05, 4.69) is 0 Å². The molecule has 0 aliphatic heterocycles. The molecule has 2 aromatic rings. The van der Waals surface area contributed by atoms with Crippen LogP contribution in [0.1, 0.15) is 10.4 Å². The molecule has 0 heterocycles. The Hall–Kier alpha value is -1.82. The number of halogens is 3. The van der Waals surface area contributed by atoms with Crippen molar-refractivity contribution in [2.24, 2.45) is 0 Å². The van der Waals surface area contributed by atoms with Crippen LogP contribution in [0.15, 0.2) is 30.3 Å². The van der Waals surface area contributed by atoms with E-state index in [-0.39, 0.29) is 31.9 Å². The summed E-state index contributed by atoms with van der Waals surface area (Å²) in [6.45, 7) is 0. The van der Waals surface area contributed by atoms with Gasteiger partial charge in [-0.1, -0.05) is 46.9 Å². The molecular weight excluding hydrogens is 341 g/mol. The quantitative estimate of drug-likeness (QED) is 0.486. The highest BCUT2D eigenvalue weighted by Gasteiger charge is 2.21. The first kappa shape index (κ1) is 15.6. The summed E-state index contributed by atoms with van der Waals surface area (Å²) in [6, 6.07) is 6.98. The zero-order chi connectivity index (χ0) is 15.7. The fourth-order valence-electron chi connectivity index (χ4n) is 1.79. The second-order valence-corrected chi connectivity index (χ2v) is 5.18. The maximum atomic E-state index is 11.2. The molecule has 0 saturated carbocycles. The van der Waals surface area contributed by atoms with Crippen molar-refractivity contribution < 1.29 is 14.8 Å². The van der Waals surface area contributed by atoms with Gasteiger partial charge in [0, 0.05) is 17.7 Å². The first-order valence-corrected chi connectivity index (χ1v) is 6.62. The number of aromatic carboxylic acids is 1. The molecule has 0 saturated heterocycles. The van der Waals surface area contributed by atoms with Gasteiger partial charge in [0.15, 0.2) is 0 Å². The minimum Gasteiger partial charge on any atom is -0.478 e. The fraction of sp³-hybridized carbons (Fsp3) is 0. The molecule has 108 valence electrons. The maximum Gasteiger partial charge on any atom is 0.338 e. The SMILES string of the molecule is O=C(O)c1c(Cl)c(Cl)cc(-c2cccc([N+](=O)[O-])c2)c1Cl. The smallest absolute Gasteiger partial charge is 0.338 e. The number of non-ortho nitro benzene ring substituents is 1. The van der Waals surface area contributed by atoms with Gasteiger partial charge >= 0.3 is 5.97 Å². The molecule has 0 spiro atoms. The highest BCUT2D eigenvalue weighted by Crippen LogP contribution is 2.40. The van der Waals surface area contributed by atoms with Gasteiger partial charge in [0.25, 0.3) is 5.69 Å². The van der Waals surface area contributed by atoms with Crippen LogP contribution in [0.3, 0.4) is 0 Å². The molecule has 2 rings (SSSR count). The van der Waals surface area contributed by atoms with Crippen LogP contribution in [0.5, 0.6) is 0 Å². The summed E-state index contributed by atoms with van der Waals surface area (Å²) in [4.78, 5) is 21.5. The molecule has 5 nitrogen and oxygen atoms in total. The number of carbonyl (C=O) groups is 1. The molecule has 2 aromatic carbocycles. The topological polar surface area (TPSA) is 80.4 Å². The van der Waals surface area contributed by atoms with Gasteiger partial charge in [0.1, 0.15) is 0 Å². The molecule has 0 radical (unpaired) electrons. The van der Waals surface area contributed by atoms with Gasteiger partial charge in [-0.2, -0.15) is 0 Å². The highest BCUT2D eigenvalue weighted by atomic mass is 35.5. The molecule has 0 atom stereocenters. The van der Waals surface area contributed by atoms with Crippen molar-refractivity contribution in [3.63, 3.8) is 0 Å². The van der Waals surface area contributed by atoms with Gasteiger partial charge in [0.05, 0.1) is 25.6 Å². The molecule has 0 aliphatic rings. The van der Waals surface area contributed by atoms with E-state index < -0.39 is 10.9 Å². The van der Waals surface area contributed by atoms with E-state index >= 15 is 0 Å². The Morgan fingerprint density at radius 2 is 1.81 bits per heavy atom. The van der Waals surface area contributed by atoms with Gasteiger partial charge < -0.3 is 5.11 Å². The van der Waals surface area contributed by atoms with Crippen LogP contribution in [-0.2, 0) is 0 Å². The van der Waals surface area contributed by atoms with Crippen LogP contribution >= 0.6 is 34.8 Å². The van der Waals surface area contributed by atoms with Gasteiger partial charge in [-0.3, -0.25) is 10.1 Å². The second-order valence-electron chi connectivity index (χ2n) is 4.02. The van der Waals surface area contributed by atoms with Crippen molar-refractivity contribution in [1.82, 2.24) is 0 Å². The van der Waals surface area contributed by atoms with Crippen LogP contribution in [0.4, 0.5) is 5.69 Å². The fourth-order valence-corrected chi connectivity index (χ4v) is 2.61. The first-order valence-electron chi connectivity index (χ1n) is 5.48. The number of nitrogens with zero attached hydrogens (tertiary/aromatic N) is 1. The molecule has 21 heavy (non-hydrogen) atoms. The Labute approximate surface area is 133 Å². The van der Waals surface area contributed by atoms with Crippen molar-refractivity contribution in [1.29, 1.82) is 0 Å². The second kappa shape index (κ2) is 5.89. The number of rotatable bonds is 3. The lowest BCUT2D eigenvalue weighted by Gasteiger charge is -2.10. The van der Waals surface area contributed by atoms with Gasteiger partial charge in [-0.15, -0.1) is 0 Å². The van der Waals surface area contributed by atoms with E-state index in [1.807, 2.05) is 0 Å². The van der Waals surface area contributed by atoms with Crippen molar-refractivity contribution in [3.05, 3.63) is 61.1 Å². The zero-order valence-corrected chi connectivity index (χ0v) is 12.4. The largest absolute Gasteiger partial charge is 0.478 e. The molecular formula is C13H6Cl3NO4. The third-order valence-electron chi connectivity index (χ3n) is 2.74. The zero-order valence-electron chi connectivity index (χ0n) is 10.1. The minimum absolute atomic E-state index is 0.0000252. The molecule has 0 aliphatic carbocycles. The number of hydrogen-bond acceptors (Lipinski definition) is 3. The van der Waals surface area contributed by atoms with Crippen molar-refractivity contribution in [3.8, 4) is 11.1 Å². The number of hydrogen-bond donors (Lipinski definition) is 1. The Kier molecular flexibility index (Phi) is 4.37. The van der Waals surface area contributed by atoms with Crippen LogP contribution in [0, 0.1) is 10.1 Å². The number of carboxylic acid groups (broad SMARTS) is 1. The van der Waals surface area contributed by atoms with Crippen LogP contribution < -0.4 is 0 Å². The van der Waals surface area contributed by atoms with Crippen LogP contribution in [0.2, 0.25) is 15.1 Å². The third-order valence-corrected chi connectivity index (χ3v) is 3.92. The van der Waals surface area contributed by atoms with E-state index in [9.17, 15) is 14.9 Å². The van der Waals surface area contributed by atoms with Crippen molar-refractivity contribution >= 4 is 46.5 Å². The van der Waals surface area contributed by atoms with Gasteiger partial charge in [0.2, 0.25) is 0 Å². The molecule has 0 fully saturated rings. The third kappa shape index (κ3) is 2.95. The van der Waals surface area contributed by atoms with Gasteiger partial charge in [-0.25, -0.2) is 4.79 Å². The van der Waals surface area contributed by atoms with Gasteiger partial charge in [-0.05, 0) is 11.6 Å². The summed E-state index contributed by atoms with van der Waals surface area (Å²) in [6.07, 6.45) is 0. The maximum absolute atomic E-state index is 11.2. The molecule has 8 heteroatoms. The highest BCUT2D eigenvalue weighted by molar-refractivity contribution is 6.47. The molecule has 0 aromatic heterocycles. The van der Waals surface area contributed by atoms with Crippen molar-refractivity contribution in [2.45, 2.75) is 0 Å². The lowest BCUT2D eigenvalue weighted by atomic mass is 10.0. The summed E-state index contributed by atoms with van der Waals surface area (Å²) in [5.74, 6) is -1.33. The average molecular weight is 347 g/mol. The molecule has 0 amide bonds. The summed E-state index contributed by atoms with van der Waals surface area (Å²) in [5.41, 5.74) is 0.140. The summed E-state index contributed by atoms with van der Waals surface area (Å²) < 4.78 is 0. The summed E-state index contributed by atoms with van der Waals surface area (Å²) in [5, 5.41) is 19.6. The normalized spacial score (nSPS) is 10.4. The predicted octanol–water partition coefficient (Wildman–Crippen LogP) is 4.92. The molecule has 1 N–H and O–H groups in total. The monoisotopic (exact) mass is 345 g/mol. The molecule has 0 unspecified atom stereocenters. The lowest BCUT2D eigenvalue weighted by molar-refractivity contribution is -0.384. The van der Waals surface area contributed by atoms with E-state index in [1.54, 1.807) is 6.07 Å². The van der Waals surface area contributed by atoms with Crippen molar-refractivity contribution in [2.75, 3.05) is 0 Å². The minimum atomic E-state index is -1.33. The van der Waals surface area contributed by atoms with E-state index in [0.717, 1.165) is 0 Å². The number of nitro benzene ring substituents is 1. The molecule has 0 bridgehead atoms. The number of benzene rings is 2. The van der Waals surface area contributed by atoms with E-state index in [0.29, 0.717) is 5.56 Å². The van der Waals surface area contributed by atoms with E-state index in [4.69, 9.17) is 39.9 Å². The van der Waals surface area contributed by atoms with Crippen LogP contribution in [0.25, 0.3) is 11.1 Å². The predicted molar refractivity (Wildman–Crippen MR) is 80.5 cm³/mol. The summed E-state index contributed by atoms with van der Waals surface area (Å²) in [7, 11) is 0. The number of nitro groups is 1. The Bertz CT molecular complexity index is 761. The standard InChI is InChI=1S/C13H6Cl3NO4/c14-9-5-8(11(15)10(12(9)16)13(18)19)6-2-1-3-7(4-6)17(20)21/h1-5H,(H,18,19). The Balaban J connectivity index is 2.73. The van der Waals surface area contributed by atoms with Crippen LogP contribution in [-0.4, -0.2) is 16.0 Å². The lowest BCUT2D eigenvalue weighted by Crippen LogP contribution is -2.01. The first-order chi connectivity index (χ1) is 9.82. The van der Waals surface area contributed by atoms with E-state index in [1.165, 1.54) is 24.3 Å². The summed E-state index contributed by atoms with van der Waals surface area (Å²) >= 11 is 17.8. The Morgan fingerprint density at radius 1 is 1.14 bits per heavy atom.